The summed E-state index contributed by atoms with van der Waals surface area (Å²) < 4.78 is 13.4. The molecule has 1 aromatic carbocycles. The van der Waals surface area contributed by atoms with Crippen LogP contribution in [0.15, 0.2) is 18.2 Å². The third-order valence-electron chi connectivity index (χ3n) is 3.76. The van der Waals surface area contributed by atoms with Crippen molar-refractivity contribution in [2.24, 2.45) is 5.92 Å². The molecule has 1 aliphatic rings. The predicted octanol–water partition coefficient (Wildman–Crippen LogP) is 2.82. The number of carboxylic acid groups (broad SMARTS) is 1. The third-order valence-corrected chi connectivity index (χ3v) is 3.76. The summed E-state index contributed by atoms with van der Waals surface area (Å²) in [6.45, 7) is 1.14. The highest BCUT2D eigenvalue weighted by atomic mass is 19.1. The SMILES string of the molecule is O=C(O)CCC1CCCN(c2cc(F)ccc2[N+](=O)[O-])C1. The Hall–Kier alpha value is -2.18. The number of hydrogen-bond acceptors (Lipinski definition) is 4. The number of nitro groups is 1. The van der Waals surface area contributed by atoms with Gasteiger partial charge in [0.15, 0.2) is 0 Å². The van der Waals surface area contributed by atoms with E-state index < -0.39 is 16.7 Å². The molecule has 114 valence electrons. The molecule has 1 unspecified atom stereocenters. The number of hydrogen-bond donors (Lipinski definition) is 1. The number of aliphatic carboxylic acids is 1. The van der Waals surface area contributed by atoms with E-state index in [0.29, 0.717) is 19.5 Å². The van der Waals surface area contributed by atoms with Crippen molar-refractivity contribution in [2.45, 2.75) is 25.7 Å². The highest BCUT2D eigenvalue weighted by Crippen LogP contribution is 2.33. The third kappa shape index (κ3) is 3.90. The van der Waals surface area contributed by atoms with Crippen molar-refractivity contribution in [1.29, 1.82) is 0 Å². The Bertz CT molecular complexity index is 550. The maximum absolute atomic E-state index is 13.4. The molecule has 2 rings (SSSR count). The van der Waals surface area contributed by atoms with Crippen molar-refractivity contribution in [3.63, 3.8) is 0 Å². The zero-order valence-corrected chi connectivity index (χ0v) is 11.5. The minimum absolute atomic E-state index is 0.0871. The van der Waals surface area contributed by atoms with Crippen molar-refractivity contribution in [3.8, 4) is 0 Å². The summed E-state index contributed by atoms with van der Waals surface area (Å²) in [5, 5.41) is 19.8. The highest BCUT2D eigenvalue weighted by molar-refractivity contribution is 5.66. The van der Waals surface area contributed by atoms with Gasteiger partial charge in [-0.25, -0.2) is 4.39 Å². The van der Waals surface area contributed by atoms with Gasteiger partial charge in [-0.15, -0.1) is 0 Å². The van der Waals surface area contributed by atoms with Gasteiger partial charge in [-0.3, -0.25) is 14.9 Å². The van der Waals surface area contributed by atoms with Crippen LogP contribution in [0, 0.1) is 21.8 Å². The largest absolute Gasteiger partial charge is 0.481 e. The minimum atomic E-state index is -0.844. The summed E-state index contributed by atoms with van der Waals surface area (Å²) in [5.41, 5.74) is 0.162. The molecule has 1 heterocycles. The number of halogens is 1. The standard InChI is InChI=1S/C14H17FN2O4/c15-11-4-5-12(17(20)21)13(8-11)16-7-1-2-10(9-16)3-6-14(18)19/h4-5,8,10H,1-3,6-7,9H2,(H,18,19). The Balaban J connectivity index is 2.15. The number of benzene rings is 1. The fourth-order valence-electron chi connectivity index (χ4n) is 2.75. The van der Waals surface area contributed by atoms with Crippen LogP contribution in [-0.2, 0) is 4.79 Å². The lowest BCUT2D eigenvalue weighted by Gasteiger charge is -2.34. The molecule has 0 spiro atoms. The Morgan fingerprint density at radius 2 is 2.29 bits per heavy atom. The summed E-state index contributed by atoms with van der Waals surface area (Å²) in [5.74, 6) is -1.19. The van der Waals surface area contributed by atoms with E-state index in [9.17, 15) is 19.3 Å². The van der Waals surface area contributed by atoms with Crippen LogP contribution in [0.1, 0.15) is 25.7 Å². The molecule has 6 nitrogen and oxygen atoms in total. The normalized spacial score (nSPS) is 18.5. The molecule has 1 aromatic rings. The van der Waals surface area contributed by atoms with Gasteiger partial charge in [0.25, 0.3) is 5.69 Å². The second-order valence-electron chi connectivity index (χ2n) is 5.28. The van der Waals surface area contributed by atoms with Crippen molar-refractivity contribution in [3.05, 3.63) is 34.1 Å². The molecular formula is C14H17FN2O4. The van der Waals surface area contributed by atoms with Gasteiger partial charge in [0.2, 0.25) is 0 Å². The van der Waals surface area contributed by atoms with E-state index >= 15 is 0 Å². The van der Waals surface area contributed by atoms with Gasteiger partial charge in [-0.2, -0.15) is 0 Å². The number of anilines is 1. The van der Waals surface area contributed by atoms with Crippen LogP contribution >= 0.6 is 0 Å². The van der Waals surface area contributed by atoms with Crippen LogP contribution in [0.5, 0.6) is 0 Å². The first-order valence-corrected chi connectivity index (χ1v) is 6.88. The number of nitrogens with zero attached hydrogens (tertiary/aromatic N) is 2. The Morgan fingerprint density at radius 3 is 2.95 bits per heavy atom. The van der Waals surface area contributed by atoms with Crippen LogP contribution in [0.4, 0.5) is 15.8 Å². The van der Waals surface area contributed by atoms with E-state index in [1.807, 2.05) is 0 Å². The van der Waals surface area contributed by atoms with Gasteiger partial charge >= 0.3 is 5.97 Å². The maximum Gasteiger partial charge on any atom is 0.303 e. The lowest BCUT2D eigenvalue weighted by molar-refractivity contribution is -0.384. The highest BCUT2D eigenvalue weighted by Gasteiger charge is 2.26. The van der Waals surface area contributed by atoms with Gasteiger partial charge in [0, 0.05) is 31.6 Å². The first-order valence-electron chi connectivity index (χ1n) is 6.88. The van der Waals surface area contributed by atoms with Gasteiger partial charge < -0.3 is 10.0 Å². The van der Waals surface area contributed by atoms with E-state index in [2.05, 4.69) is 0 Å². The molecule has 0 amide bonds. The van der Waals surface area contributed by atoms with E-state index in [1.165, 1.54) is 12.1 Å². The van der Waals surface area contributed by atoms with Crippen LogP contribution < -0.4 is 4.90 Å². The van der Waals surface area contributed by atoms with Crippen molar-refractivity contribution in [1.82, 2.24) is 0 Å². The van der Waals surface area contributed by atoms with Crippen LogP contribution in [0.25, 0.3) is 0 Å². The Kier molecular flexibility index (Phi) is 4.72. The Morgan fingerprint density at radius 1 is 1.52 bits per heavy atom. The summed E-state index contributed by atoms with van der Waals surface area (Å²) >= 11 is 0. The van der Waals surface area contributed by atoms with Crippen molar-refractivity contribution >= 4 is 17.3 Å². The van der Waals surface area contributed by atoms with E-state index in [4.69, 9.17) is 5.11 Å². The molecule has 1 saturated heterocycles. The molecule has 0 saturated carbocycles. The second-order valence-corrected chi connectivity index (χ2v) is 5.28. The average Bonchev–Trinajstić information content (AvgIpc) is 2.45. The number of rotatable bonds is 5. The summed E-state index contributed by atoms with van der Waals surface area (Å²) in [6, 6.07) is 3.43. The van der Waals surface area contributed by atoms with Crippen LogP contribution in [-0.4, -0.2) is 29.1 Å². The number of carboxylic acids is 1. The molecular weight excluding hydrogens is 279 g/mol. The molecule has 0 aliphatic carbocycles. The van der Waals surface area contributed by atoms with Gasteiger partial charge in [-0.05, 0) is 31.2 Å². The fraction of sp³-hybridized carbons (Fsp3) is 0.500. The van der Waals surface area contributed by atoms with Gasteiger partial charge in [-0.1, -0.05) is 0 Å². The summed E-state index contributed by atoms with van der Waals surface area (Å²) in [6.07, 6.45) is 2.34. The molecule has 1 aliphatic heterocycles. The molecule has 1 fully saturated rings. The Labute approximate surface area is 121 Å². The molecule has 0 bridgehead atoms. The smallest absolute Gasteiger partial charge is 0.303 e. The number of carbonyl (C=O) groups is 1. The lowest BCUT2D eigenvalue weighted by atomic mass is 9.93. The molecule has 21 heavy (non-hydrogen) atoms. The lowest BCUT2D eigenvalue weighted by Crippen LogP contribution is -2.36. The molecule has 7 heteroatoms. The topological polar surface area (TPSA) is 83.7 Å². The molecule has 1 atom stereocenters. The van der Waals surface area contributed by atoms with Gasteiger partial charge in [0.05, 0.1) is 4.92 Å². The molecule has 0 aromatic heterocycles. The fourth-order valence-corrected chi connectivity index (χ4v) is 2.75. The maximum atomic E-state index is 13.4. The van der Waals surface area contributed by atoms with Crippen molar-refractivity contribution < 1.29 is 19.2 Å². The van der Waals surface area contributed by atoms with E-state index in [-0.39, 0.29) is 23.7 Å². The molecule has 0 radical (unpaired) electrons. The average molecular weight is 296 g/mol. The van der Waals surface area contributed by atoms with Crippen LogP contribution in [0.2, 0.25) is 0 Å². The molecule has 1 N–H and O–H groups in total. The summed E-state index contributed by atoms with van der Waals surface area (Å²) in [4.78, 5) is 23.0. The summed E-state index contributed by atoms with van der Waals surface area (Å²) in [7, 11) is 0. The zero-order chi connectivity index (χ0) is 15.4. The first-order chi connectivity index (χ1) is 9.97. The van der Waals surface area contributed by atoms with Crippen molar-refractivity contribution in [2.75, 3.05) is 18.0 Å². The quantitative estimate of drug-likeness (QED) is 0.667. The first kappa shape index (κ1) is 15.2. The monoisotopic (exact) mass is 296 g/mol. The van der Waals surface area contributed by atoms with E-state index in [0.717, 1.165) is 18.9 Å². The predicted molar refractivity (Wildman–Crippen MR) is 74.9 cm³/mol. The minimum Gasteiger partial charge on any atom is -0.481 e. The van der Waals surface area contributed by atoms with Crippen LogP contribution in [0.3, 0.4) is 0 Å². The van der Waals surface area contributed by atoms with E-state index in [1.54, 1.807) is 4.90 Å². The zero-order valence-electron chi connectivity index (χ0n) is 11.5. The number of nitro benzene ring substituents is 1. The second kappa shape index (κ2) is 6.51. The number of piperidine rings is 1. The van der Waals surface area contributed by atoms with Gasteiger partial charge in [0.1, 0.15) is 11.5 Å².